The van der Waals surface area contributed by atoms with Gasteiger partial charge in [-0.25, -0.2) is 9.97 Å². The van der Waals surface area contributed by atoms with Gasteiger partial charge in [0.1, 0.15) is 0 Å². The first kappa shape index (κ1) is 56.8. The number of carbonyl (C=O) groups is 1. The van der Waals surface area contributed by atoms with Gasteiger partial charge in [-0.3, -0.25) is 4.79 Å². The molecule has 3 N–H and O–H groups in total. The Morgan fingerprint density at radius 1 is 0.677 bits per heavy atom. The van der Waals surface area contributed by atoms with Gasteiger partial charge in [0.2, 0.25) is 5.91 Å². The lowest BCUT2D eigenvalue weighted by atomic mass is 9.63. The standard InChI is InChI=1S/C27H38N2O2S.C22H30N2S.C3H9NO.2CH4.BrH/c1-26(2)12-13-27(3,4)22-17-20(8-9-21(22)26)23-18-32-25(28-23)19-10-14-29(15-11-19)24(30)7-6-16-31-5;1-21(2)9-10-22(3,4)18-13-16(5-6-17(18)21)19-14-25-20(24-19)15-7-11-23-12-8-15;1-5-3-2-4;;;/h8-9,17-19H,6-7,10-16H2,1-5H3;5-6,13-15,23H,7-12H2,1-4H3;2-4H2,1H3;2*1H4;1H. The van der Waals surface area contributed by atoms with Crippen LogP contribution in [0.15, 0.2) is 47.2 Å². The molecule has 2 aliphatic heterocycles. The van der Waals surface area contributed by atoms with Gasteiger partial charge in [-0.2, -0.15) is 0 Å². The third-order valence-corrected chi connectivity index (χ3v) is 16.3. The van der Waals surface area contributed by atoms with Gasteiger partial charge >= 0.3 is 0 Å². The smallest absolute Gasteiger partial charge is 0.222 e. The van der Waals surface area contributed by atoms with Crippen molar-refractivity contribution in [2.75, 3.05) is 60.2 Å². The molecule has 0 radical (unpaired) electrons. The van der Waals surface area contributed by atoms with E-state index in [2.05, 4.69) is 113 Å². The molecular weight excluding hydrogens is 911 g/mol. The van der Waals surface area contributed by atoms with Crippen LogP contribution in [-0.4, -0.2) is 80.9 Å². The molecular formula is C54H86BrN5O3S2. The number of methoxy groups -OCH3 is 2. The van der Waals surface area contributed by atoms with Crippen LogP contribution in [0, 0.1) is 0 Å². The summed E-state index contributed by atoms with van der Waals surface area (Å²) in [7, 11) is 3.32. The number of amides is 1. The highest BCUT2D eigenvalue weighted by atomic mass is 79.9. The minimum Gasteiger partial charge on any atom is -0.385 e. The summed E-state index contributed by atoms with van der Waals surface area (Å²) in [5.41, 5.74) is 16.8. The molecule has 8 rings (SSSR count). The Labute approximate surface area is 413 Å². The minimum absolute atomic E-state index is 0. The molecule has 2 aromatic heterocycles. The highest BCUT2D eigenvalue weighted by Gasteiger charge is 2.38. The van der Waals surface area contributed by atoms with Gasteiger partial charge in [-0.1, -0.05) is 94.5 Å². The first-order valence-corrected chi connectivity index (χ1v) is 25.1. The van der Waals surface area contributed by atoms with Gasteiger partial charge in [0.25, 0.3) is 0 Å². The number of likely N-dealkylation sites (tertiary alicyclic amines) is 1. The minimum atomic E-state index is 0. The monoisotopic (exact) mass is 996 g/mol. The average Bonchev–Trinajstić information content (AvgIpc) is 3.97. The SMILES string of the molecule is Br.C.C.CC1(C)CCC(C)(C)c2cc(-c3csc(C4CCNCC4)n3)ccc21.COCCCC(=O)N1CCC(c2nc(-c3ccc4c(c3)C(C)(C)CCC4(C)C)cs2)CC1.COCCN. The van der Waals surface area contributed by atoms with Gasteiger partial charge in [-0.15, -0.1) is 39.7 Å². The fourth-order valence-electron chi connectivity index (χ4n) is 9.80. The van der Waals surface area contributed by atoms with Crippen molar-refractivity contribution in [3.8, 4) is 22.5 Å². The van der Waals surface area contributed by atoms with Crippen LogP contribution >= 0.6 is 39.7 Å². The number of ether oxygens (including phenoxy) is 2. The lowest BCUT2D eigenvalue weighted by Crippen LogP contribution is -2.37. The third kappa shape index (κ3) is 14.0. The zero-order valence-corrected chi connectivity index (χ0v) is 43.5. The molecule has 0 spiro atoms. The van der Waals surface area contributed by atoms with Crippen LogP contribution in [0.4, 0.5) is 0 Å². The van der Waals surface area contributed by atoms with E-state index in [0.717, 1.165) is 51.1 Å². The molecule has 364 valence electrons. The van der Waals surface area contributed by atoms with E-state index < -0.39 is 0 Å². The maximum absolute atomic E-state index is 12.4. The molecule has 11 heteroatoms. The number of aromatic nitrogens is 2. The van der Waals surface area contributed by atoms with Crippen molar-refractivity contribution in [3.05, 3.63) is 79.4 Å². The molecule has 2 saturated heterocycles. The van der Waals surface area contributed by atoms with E-state index in [0.29, 0.717) is 38.0 Å². The topological polar surface area (TPSA) is 103 Å². The van der Waals surface area contributed by atoms with Gasteiger partial charge in [-0.05, 0) is 127 Å². The van der Waals surface area contributed by atoms with Crippen LogP contribution in [0.3, 0.4) is 0 Å². The van der Waals surface area contributed by atoms with Gasteiger partial charge in [0, 0.05) is 80.6 Å². The van der Waals surface area contributed by atoms with E-state index in [9.17, 15) is 4.79 Å². The predicted octanol–water partition coefficient (Wildman–Crippen LogP) is 13.4. The zero-order valence-electron chi connectivity index (χ0n) is 40.2. The summed E-state index contributed by atoms with van der Waals surface area (Å²) in [6.07, 6.45) is 10.8. The summed E-state index contributed by atoms with van der Waals surface area (Å²) in [4.78, 5) is 24.5. The van der Waals surface area contributed by atoms with Crippen molar-refractivity contribution in [3.63, 3.8) is 0 Å². The molecule has 0 bridgehead atoms. The van der Waals surface area contributed by atoms with E-state index in [1.165, 1.54) is 87.6 Å². The maximum atomic E-state index is 12.4. The lowest BCUT2D eigenvalue weighted by molar-refractivity contribution is -0.132. The Kier molecular flexibility index (Phi) is 21.6. The summed E-state index contributed by atoms with van der Waals surface area (Å²) in [6, 6.07) is 14.1. The van der Waals surface area contributed by atoms with Crippen molar-refractivity contribution >= 4 is 45.6 Å². The second-order valence-electron chi connectivity index (χ2n) is 20.8. The zero-order chi connectivity index (χ0) is 44.7. The highest BCUT2D eigenvalue weighted by Crippen LogP contribution is 2.48. The summed E-state index contributed by atoms with van der Waals surface area (Å²) in [5, 5.41) is 10.5. The number of hydrogen-bond donors (Lipinski definition) is 2. The first-order valence-electron chi connectivity index (χ1n) is 23.4. The Hall–Kier alpha value is -2.51. The largest absolute Gasteiger partial charge is 0.385 e. The number of hydrogen-bond acceptors (Lipinski definition) is 9. The first-order chi connectivity index (χ1) is 29.5. The Morgan fingerprint density at radius 3 is 1.49 bits per heavy atom. The summed E-state index contributed by atoms with van der Waals surface area (Å²) >= 11 is 3.63. The van der Waals surface area contributed by atoms with Gasteiger partial charge in [0.05, 0.1) is 28.0 Å². The fourth-order valence-corrected chi connectivity index (χ4v) is 11.8. The van der Waals surface area contributed by atoms with E-state index in [1.54, 1.807) is 25.6 Å². The second kappa shape index (κ2) is 24.7. The molecule has 0 atom stereocenters. The van der Waals surface area contributed by atoms with Crippen molar-refractivity contribution in [1.82, 2.24) is 20.2 Å². The van der Waals surface area contributed by atoms with Crippen molar-refractivity contribution in [2.45, 2.75) is 168 Å². The molecule has 2 aliphatic carbocycles. The molecule has 2 aromatic carbocycles. The van der Waals surface area contributed by atoms with Crippen LogP contribution in [0.5, 0.6) is 0 Å². The molecule has 4 heterocycles. The van der Waals surface area contributed by atoms with E-state index in [-0.39, 0.29) is 59.4 Å². The van der Waals surface area contributed by atoms with Crippen LogP contribution in [0.25, 0.3) is 22.5 Å². The number of benzene rings is 2. The summed E-state index contributed by atoms with van der Waals surface area (Å²) in [5.74, 6) is 1.37. The van der Waals surface area contributed by atoms with E-state index in [4.69, 9.17) is 20.4 Å². The number of fused-ring (bicyclic) bond motifs is 2. The maximum Gasteiger partial charge on any atom is 0.222 e. The van der Waals surface area contributed by atoms with E-state index in [1.807, 2.05) is 16.2 Å². The Morgan fingerprint density at radius 2 is 1.09 bits per heavy atom. The molecule has 4 aromatic rings. The van der Waals surface area contributed by atoms with Crippen molar-refractivity contribution in [2.24, 2.45) is 5.73 Å². The number of carbonyl (C=O) groups excluding carboxylic acids is 1. The van der Waals surface area contributed by atoms with Gasteiger partial charge < -0.3 is 25.4 Å². The number of piperidine rings is 2. The molecule has 0 unspecified atom stereocenters. The predicted molar refractivity (Wildman–Crippen MR) is 285 cm³/mol. The third-order valence-electron chi connectivity index (χ3n) is 14.3. The van der Waals surface area contributed by atoms with Crippen LogP contribution in [0.2, 0.25) is 0 Å². The Bertz CT molecular complexity index is 2070. The van der Waals surface area contributed by atoms with Crippen molar-refractivity contribution < 1.29 is 14.3 Å². The highest BCUT2D eigenvalue weighted by molar-refractivity contribution is 8.93. The quantitative estimate of drug-likeness (QED) is 0.153. The Balaban J connectivity index is 0.000000306. The normalized spacial score (nSPS) is 19.3. The molecule has 65 heavy (non-hydrogen) atoms. The molecule has 2 fully saturated rings. The number of halogens is 1. The molecule has 1 amide bonds. The van der Waals surface area contributed by atoms with E-state index >= 15 is 0 Å². The molecule has 8 nitrogen and oxygen atoms in total. The lowest BCUT2D eigenvalue weighted by Gasteiger charge is -2.42. The van der Waals surface area contributed by atoms with Crippen LogP contribution < -0.4 is 11.1 Å². The summed E-state index contributed by atoms with van der Waals surface area (Å²) < 4.78 is 9.63. The fraction of sp³-hybridized carbons (Fsp3) is 0.648. The molecule has 4 aliphatic rings. The average molecular weight is 997 g/mol. The van der Waals surface area contributed by atoms with Crippen LogP contribution in [0.1, 0.15) is 179 Å². The number of nitrogens with one attached hydrogen (secondary N) is 1. The van der Waals surface area contributed by atoms with Crippen LogP contribution in [-0.2, 0) is 35.9 Å². The number of nitrogens with zero attached hydrogens (tertiary/aromatic N) is 3. The second-order valence-corrected chi connectivity index (χ2v) is 22.5. The number of rotatable bonds is 10. The van der Waals surface area contributed by atoms with Gasteiger partial charge in [0.15, 0.2) is 0 Å². The number of thiazole rings is 2. The summed E-state index contributed by atoms with van der Waals surface area (Å²) in [6.45, 7) is 24.9. The molecule has 0 saturated carbocycles. The number of nitrogens with two attached hydrogens (primary N) is 1. The van der Waals surface area contributed by atoms with Crippen molar-refractivity contribution in [1.29, 1.82) is 0 Å².